The maximum Gasteiger partial charge on any atom is 0.190 e. The smallest absolute Gasteiger partial charge is 0.190 e. The molecule has 1 fully saturated rings. The topological polar surface area (TPSA) is 48.9 Å². The lowest BCUT2D eigenvalue weighted by Crippen LogP contribution is -2.39. The second-order valence-corrected chi connectivity index (χ2v) is 5.89. The second kappa shape index (κ2) is 12.4. The van der Waals surface area contributed by atoms with Crippen molar-refractivity contribution >= 4 is 29.9 Å². The molecule has 6 heteroatoms. The molecule has 0 unspecified atom stereocenters. The van der Waals surface area contributed by atoms with Crippen LogP contribution in [0.1, 0.15) is 24.8 Å². The van der Waals surface area contributed by atoms with Crippen molar-refractivity contribution < 1.29 is 4.74 Å². The Bertz CT molecular complexity index is 490. The minimum Gasteiger partial charge on any atom is -0.496 e. The van der Waals surface area contributed by atoms with E-state index in [0.717, 1.165) is 37.6 Å². The molecule has 0 spiro atoms. The van der Waals surface area contributed by atoms with E-state index in [4.69, 9.17) is 4.74 Å². The average molecular weight is 446 g/mol. The van der Waals surface area contributed by atoms with Crippen molar-refractivity contribution in [3.05, 3.63) is 29.8 Å². The fourth-order valence-electron chi connectivity index (χ4n) is 2.96. The number of hydrogen-bond acceptors (Lipinski definition) is 3. The van der Waals surface area contributed by atoms with E-state index in [1.54, 1.807) is 7.11 Å². The number of para-hydroxylation sites is 1. The number of likely N-dealkylation sites (tertiary alicyclic amines) is 1. The normalized spacial score (nSPS) is 15.0. The van der Waals surface area contributed by atoms with Gasteiger partial charge in [-0.25, -0.2) is 0 Å². The minimum atomic E-state index is 0. The number of ether oxygens (including phenoxy) is 1. The van der Waals surface area contributed by atoms with E-state index >= 15 is 0 Å². The Morgan fingerprint density at radius 1 is 1.17 bits per heavy atom. The van der Waals surface area contributed by atoms with Crippen LogP contribution in [0.4, 0.5) is 0 Å². The quantitative estimate of drug-likeness (QED) is 0.279. The monoisotopic (exact) mass is 446 g/mol. The molecule has 0 amide bonds. The molecule has 1 aliphatic heterocycles. The second-order valence-electron chi connectivity index (χ2n) is 5.89. The van der Waals surface area contributed by atoms with E-state index in [2.05, 4.69) is 26.6 Å². The molecule has 0 atom stereocenters. The van der Waals surface area contributed by atoms with Crippen molar-refractivity contribution in [2.24, 2.45) is 4.99 Å². The van der Waals surface area contributed by atoms with Crippen LogP contribution in [0, 0.1) is 0 Å². The first-order chi connectivity index (χ1) is 11.3. The number of guanidine groups is 1. The maximum atomic E-state index is 5.38. The standard InChI is InChI=1S/C18H30N4O.HI/c1-19-18(20-11-7-15-22-13-5-6-14-22)21-12-10-16-8-3-4-9-17(16)23-2;/h3-4,8-9H,5-7,10-15H2,1-2H3,(H2,19,20,21);1H. The largest absolute Gasteiger partial charge is 0.496 e. The summed E-state index contributed by atoms with van der Waals surface area (Å²) in [6.45, 7) is 5.53. The van der Waals surface area contributed by atoms with E-state index in [-0.39, 0.29) is 24.0 Å². The van der Waals surface area contributed by atoms with Crippen molar-refractivity contribution in [3.8, 4) is 5.75 Å². The molecule has 24 heavy (non-hydrogen) atoms. The third-order valence-corrected chi connectivity index (χ3v) is 4.25. The Hall–Kier alpha value is -1.02. The molecule has 0 aromatic heterocycles. The summed E-state index contributed by atoms with van der Waals surface area (Å²) in [6.07, 6.45) is 4.80. The predicted octanol–water partition coefficient (Wildman–Crippen LogP) is 2.51. The first-order valence-corrected chi connectivity index (χ1v) is 8.62. The summed E-state index contributed by atoms with van der Waals surface area (Å²) < 4.78 is 5.38. The molecule has 1 aliphatic rings. The highest BCUT2D eigenvalue weighted by Gasteiger charge is 2.10. The van der Waals surface area contributed by atoms with Crippen LogP contribution in [0.15, 0.2) is 29.3 Å². The van der Waals surface area contributed by atoms with Gasteiger partial charge in [-0.3, -0.25) is 4.99 Å². The van der Waals surface area contributed by atoms with Gasteiger partial charge in [-0.15, -0.1) is 24.0 Å². The Balaban J connectivity index is 0.00000288. The molecular formula is C18H31IN4O. The van der Waals surface area contributed by atoms with E-state index in [9.17, 15) is 0 Å². The summed E-state index contributed by atoms with van der Waals surface area (Å²) in [5, 5.41) is 6.76. The number of benzene rings is 1. The predicted molar refractivity (Wildman–Crippen MR) is 112 cm³/mol. The molecule has 0 saturated carbocycles. The molecule has 1 aromatic rings. The van der Waals surface area contributed by atoms with E-state index in [0.29, 0.717) is 0 Å². The SMILES string of the molecule is CN=C(NCCCN1CCCC1)NCCc1ccccc1OC.I. The fourth-order valence-corrected chi connectivity index (χ4v) is 2.96. The summed E-state index contributed by atoms with van der Waals surface area (Å²) >= 11 is 0. The van der Waals surface area contributed by atoms with Crippen LogP contribution < -0.4 is 15.4 Å². The Morgan fingerprint density at radius 3 is 2.58 bits per heavy atom. The molecule has 1 saturated heterocycles. The van der Waals surface area contributed by atoms with Gasteiger partial charge in [0, 0.05) is 20.1 Å². The van der Waals surface area contributed by atoms with Crippen LogP contribution >= 0.6 is 24.0 Å². The number of methoxy groups -OCH3 is 1. The summed E-state index contributed by atoms with van der Waals surface area (Å²) in [7, 11) is 3.53. The van der Waals surface area contributed by atoms with Crippen molar-refractivity contribution in [2.45, 2.75) is 25.7 Å². The third kappa shape index (κ3) is 7.25. The fraction of sp³-hybridized carbons (Fsp3) is 0.611. The zero-order valence-electron chi connectivity index (χ0n) is 14.9. The van der Waals surface area contributed by atoms with Gasteiger partial charge < -0.3 is 20.3 Å². The van der Waals surface area contributed by atoms with Crippen molar-refractivity contribution in [3.63, 3.8) is 0 Å². The summed E-state index contributed by atoms with van der Waals surface area (Å²) in [6, 6.07) is 8.15. The van der Waals surface area contributed by atoms with Gasteiger partial charge in [0.25, 0.3) is 0 Å². The number of halogens is 1. The number of nitrogens with one attached hydrogen (secondary N) is 2. The maximum absolute atomic E-state index is 5.38. The summed E-state index contributed by atoms with van der Waals surface area (Å²) in [5.41, 5.74) is 1.21. The summed E-state index contributed by atoms with van der Waals surface area (Å²) in [5.74, 6) is 1.82. The number of hydrogen-bond donors (Lipinski definition) is 2. The molecule has 0 radical (unpaired) electrons. The molecular weight excluding hydrogens is 415 g/mol. The first kappa shape index (κ1) is 21.0. The van der Waals surface area contributed by atoms with Crippen molar-refractivity contribution in [2.75, 3.05) is 46.9 Å². The van der Waals surface area contributed by atoms with Gasteiger partial charge in [-0.05, 0) is 56.9 Å². The number of aliphatic imine (C=N–C) groups is 1. The van der Waals surface area contributed by atoms with E-state index < -0.39 is 0 Å². The average Bonchev–Trinajstić information content (AvgIpc) is 3.10. The highest BCUT2D eigenvalue weighted by molar-refractivity contribution is 14.0. The Morgan fingerprint density at radius 2 is 1.88 bits per heavy atom. The number of rotatable bonds is 8. The molecule has 5 nitrogen and oxygen atoms in total. The third-order valence-electron chi connectivity index (χ3n) is 4.25. The van der Waals surface area contributed by atoms with Crippen molar-refractivity contribution in [1.29, 1.82) is 0 Å². The van der Waals surface area contributed by atoms with Crippen LogP contribution in [0.25, 0.3) is 0 Å². The van der Waals surface area contributed by atoms with Gasteiger partial charge >= 0.3 is 0 Å². The van der Waals surface area contributed by atoms with Crippen LogP contribution in [-0.4, -0.2) is 57.7 Å². The minimum absolute atomic E-state index is 0. The lowest BCUT2D eigenvalue weighted by atomic mass is 10.1. The van der Waals surface area contributed by atoms with Crippen LogP contribution in [-0.2, 0) is 6.42 Å². The Labute approximate surface area is 163 Å². The van der Waals surface area contributed by atoms with Crippen LogP contribution in [0.3, 0.4) is 0 Å². The number of nitrogens with zero attached hydrogens (tertiary/aromatic N) is 2. The van der Waals surface area contributed by atoms with Crippen LogP contribution in [0.5, 0.6) is 5.75 Å². The van der Waals surface area contributed by atoms with Gasteiger partial charge in [0.05, 0.1) is 7.11 Å². The molecule has 2 rings (SSSR count). The lowest BCUT2D eigenvalue weighted by molar-refractivity contribution is 0.334. The molecule has 0 aliphatic carbocycles. The first-order valence-electron chi connectivity index (χ1n) is 8.62. The highest BCUT2D eigenvalue weighted by atomic mass is 127. The van der Waals surface area contributed by atoms with Gasteiger partial charge in [0.15, 0.2) is 5.96 Å². The van der Waals surface area contributed by atoms with Gasteiger partial charge in [0.1, 0.15) is 5.75 Å². The van der Waals surface area contributed by atoms with E-state index in [1.807, 2.05) is 25.2 Å². The van der Waals surface area contributed by atoms with E-state index in [1.165, 1.54) is 38.0 Å². The van der Waals surface area contributed by atoms with Gasteiger partial charge in [0.2, 0.25) is 0 Å². The molecule has 1 heterocycles. The zero-order valence-corrected chi connectivity index (χ0v) is 17.2. The zero-order chi connectivity index (χ0) is 16.3. The lowest BCUT2D eigenvalue weighted by Gasteiger charge is -2.16. The Kier molecular flexibility index (Phi) is 10.8. The molecule has 2 N–H and O–H groups in total. The molecule has 1 aromatic carbocycles. The van der Waals surface area contributed by atoms with Crippen molar-refractivity contribution in [1.82, 2.24) is 15.5 Å². The summed E-state index contributed by atoms with van der Waals surface area (Å²) in [4.78, 5) is 6.82. The van der Waals surface area contributed by atoms with Gasteiger partial charge in [-0.2, -0.15) is 0 Å². The van der Waals surface area contributed by atoms with Gasteiger partial charge in [-0.1, -0.05) is 18.2 Å². The molecule has 0 bridgehead atoms. The molecule has 136 valence electrons. The van der Waals surface area contributed by atoms with Crippen LogP contribution in [0.2, 0.25) is 0 Å². The highest BCUT2D eigenvalue weighted by Crippen LogP contribution is 2.17.